The fraction of sp³-hybridized carbons (Fsp3) is 0.550. The van der Waals surface area contributed by atoms with Crippen molar-refractivity contribution in [3.63, 3.8) is 0 Å². The zero-order valence-corrected chi connectivity index (χ0v) is 14.8. The van der Waals surface area contributed by atoms with Crippen LogP contribution in [0.4, 0.5) is 0 Å². The van der Waals surface area contributed by atoms with Crippen molar-refractivity contribution >= 4 is 5.97 Å². The number of esters is 1. The van der Waals surface area contributed by atoms with E-state index in [1.165, 1.54) is 0 Å². The molecule has 0 radical (unpaired) electrons. The molecule has 0 saturated heterocycles. The summed E-state index contributed by atoms with van der Waals surface area (Å²) in [6.45, 7) is 6.74. The van der Waals surface area contributed by atoms with E-state index in [0.29, 0.717) is 13.2 Å². The Hall–Kier alpha value is -1.65. The van der Waals surface area contributed by atoms with Gasteiger partial charge in [-0.3, -0.25) is 0 Å². The van der Waals surface area contributed by atoms with Crippen LogP contribution in [0.3, 0.4) is 0 Å². The number of carbonyl (C=O) groups excluding carboxylic acids is 1. The van der Waals surface area contributed by atoms with E-state index in [0.717, 1.165) is 24.0 Å². The standard InChI is InChI=1S/C20H28O4/c1-20(2,3)24-19(22)11-16-9-10-17(18(16)12-21)14-23-13-15-7-5-4-6-8-15/h4-8,11,17-18,21H,9-10,12-14H2,1-3H3/t17-,18+/m1/s1. The molecule has 1 fully saturated rings. The quantitative estimate of drug-likeness (QED) is 0.640. The highest BCUT2D eigenvalue weighted by atomic mass is 16.6. The highest BCUT2D eigenvalue weighted by Crippen LogP contribution is 2.36. The molecule has 1 aromatic carbocycles. The third kappa shape index (κ3) is 5.77. The van der Waals surface area contributed by atoms with E-state index in [2.05, 4.69) is 0 Å². The van der Waals surface area contributed by atoms with E-state index in [9.17, 15) is 9.90 Å². The summed E-state index contributed by atoms with van der Waals surface area (Å²) < 4.78 is 11.2. The Kier molecular flexibility index (Phi) is 6.58. The molecule has 0 aromatic heterocycles. The maximum Gasteiger partial charge on any atom is 0.331 e. The van der Waals surface area contributed by atoms with Crippen LogP contribution in [-0.4, -0.2) is 29.9 Å². The zero-order chi connectivity index (χ0) is 17.6. The van der Waals surface area contributed by atoms with Gasteiger partial charge in [-0.25, -0.2) is 4.79 Å². The van der Waals surface area contributed by atoms with Crippen LogP contribution in [0.1, 0.15) is 39.2 Å². The van der Waals surface area contributed by atoms with Crippen molar-refractivity contribution in [3.8, 4) is 0 Å². The largest absolute Gasteiger partial charge is 0.457 e. The van der Waals surface area contributed by atoms with Crippen molar-refractivity contribution in [1.29, 1.82) is 0 Å². The van der Waals surface area contributed by atoms with Crippen LogP contribution < -0.4 is 0 Å². The van der Waals surface area contributed by atoms with Gasteiger partial charge < -0.3 is 14.6 Å². The van der Waals surface area contributed by atoms with Crippen molar-refractivity contribution in [1.82, 2.24) is 0 Å². The molecule has 132 valence electrons. The molecule has 4 nitrogen and oxygen atoms in total. The average Bonchev–Trinajstić information content (AvgIpc) is 2.88. The van der Waals surface area contributed by atoms with Crippen LogP contribution in [0, 0.1) is 11.8 Å². The summed E-state index contributed by atoms with van der Waals surface area (Å²) in [6.07, 6.45) is 3.29. The van der Waals surface area contributed by atoms with Crippen molar-refractivity contribution in [2.45, 2.75) is 45.8 Å². The third-order valence-electron chi connectivity index (χ3n) is 4.20. The highest BCUT2D eigenvalue weighted by molar-refractivity contribution is 5.83. The first-order chi connectivity index (χ1) is 11.4. The summed E-state index contributed by atoms with van der Waals surface area (Å²) in [5, 5.41) is 9.72. The van der Waals surface area contributed by atoms with Gasteiger partial charge in [-0.15, -0.1) is 0 Å². The molecule has 2 atom stereocenters. The molecule has 0 amide bonds. The molecule has 0 unspecified atom stereocenters. The lowest BCUT2D eigenvalue weighted by Gasteiger charge is -2.20. The van der Waals surface area contributed by atoms with Crippen LogP contribution in [0.2, 0.25) is 0 Å². The van der Waals surface area contributed by atoms with E-state index in [1.807, 2.05) is 51.1 Å². The minimum absolute atomic E-state index is 0.0201. The molecule has 0 spiro atoms. The van der Waals surface area contributed by atoms with Crippen molar-refractivity contribution in [2.24, 2.45) is 11.8 Å². The van der Waals surface area contributed by atoms with E-state index in [-0.39, 0.29) is 24.4 Å². The number of carbonyl (C=O) groups is 1. The smallest absolute Gasteiger partial charge is 0.331 e. The SMILES string of the molecule is CC(C)(C)OC(=O)C=C1CC[C@H](COCc2ccccc2)[C@H]1CO. The topological polar surface area (TPSA) is 55.8 Å². The molecule has 1 N–H and O–H groups in total. The van der Waals surface area contributed by atoms with Gasteiger partial charge in [-0.2, -0.15) is 0 Å². The maximum atomic E-state index is 12.0. The fourth-order valence-electron chi connectivity index (χ4n) is 3.07. The zero-order valence-electron chi connectivity index (χ0n) is 14.8. The van der Waals surface area contributed by atoms with Crippen molar-refractivity contribution in [3.05, 3.63) is 47.5 Å². The minimum atomic E-state index is -0.500. The number of hydrogen-bond donors (Lipinski definition) is 1. The van der Waals surface area contributed by atoms with Crippen molar-refractivity contribution < 1.29 is 19.4 Å². The molecule has 24 heavy (non-hydrogen) atoms. The van der Waals surface area contributed by atoms with Gasteiger partial charge in [-0.05, 0) is 45.1 Å². The van der Waals surface area contributed by atoms with Crippen LogP contribution >= 0.6 is 0 Å². The summed E-state index contributed by atoms with van der Waals surface area (Å²) in [5.74, 6) is -0.109. The first-order valence-corrected chi connectivity index (χ1v) is 8.55. The number of aliphatic hydroxyl groups is 1. The highest BCUT2D eigenvalue weighted by Gasteiger charge is 2.32. The maximum absolute atomic E-state index is 12.0. The molecule has 1 aliphatic rings. The van der Waals surface area contributed by atoms with Crippen LogP contribution in [0.5, 0.6) is 0 Å². The number of ether oxygens (including phenoxy) is 2. The monoisotopic (exact) mass is 332 g/mol. The van der Waals surface area contributed by atoms with Gasteiger partial charge in [0.1, 0.15) is 5.60 Å². The van der Waals surface area contributed by atoms with E-state index in [4.69, 9.17) is 9.47 Å². The molecule has 0 heterocycles. The van der Waals surface area contributed by atoms with E-state index in [1.54, 1.807) is 6.08 Å². The summed E-state index contributed by atoms with van der Waals surface area (Å²) in [6, 6.07) is 10.0. The van der Waals surface area contributed by atoms with Crippen LogP contribution in [0.15, 0.2) is 42.0 Å². The normalized spacial score (nSPS) is 22.8. The fourth-order valence-corrected chi connectivity index (χ4v) is 3.07. The van der Waals surface area contributed by atoms with Gasteiger partial charge in [0.25, 0.3) is 0 Å². The van der Waals surface area contributed by atoms with E-state index < -0.39 is 5.60 Å². The Balaban J connectivity index is 1.88. The second-order valence-corrected chi connectivity index (χ2v) is 7.34. The molecule has 0 bridgehead atoms. The molecule has 1 aromatic rings. The Labute approximate surface area is 144 Å². The summed E-state index contributed by atoms with van der Waals surface area (Å²) >= 11 is 0. The first kappa shape index (κ1) is 18.7. The van der Waals surface area contributed by atoms with Crippen LogP contribution in [-0.2, 0) is 20.9 Å². The number of rotatable bonds is 6. The van der Waals surface area contributed by atoms with Crippen molar-refractivity contribution in [2.75, 3.05) is 13.2 Å². The van der Waals surface area contributed by atoms with E-state index >= 15 is 0 Å². The average molecular weight is 332 g/mol. The Morgan fingerprint density at radius 3 is 2.62 bits per heavy atom. The molecule has 0 aliphatic heterocycles. The summed E-state index contributed by atoms with van der Waals surface area (Å²) in [7, 11) is 0. The lowest BCUT2D eigenvalue weighted by molar-refractivity contribution is -0.148. The van der Waals surface area contributed by atoms with Gasteiger partial charge in [0, 0.05) is 18.6 Å². The second-order valence-electron chi connectivity index (χ2n) is 7.34. The van der Waals surface area contributed by atoms with Gasteiger partial charge in [0.05, 0.1) is 13.2 Å². The Bertz CT molecular complexity index is 557. The molecule has 1 saturated carbocycles. The lowest BCUT2D eigenvalue weighted by atomic mass is 9.94. The van der Waals surface area contributed by atoms with Gasteiger partial charge in [0.2, 0.25) is 0 Å². The van der Waals surface area contributed by atoms with Gasteiger partial charge in [-0.1, -0.05) is 35.9 Å². The second kappa shape index (κ2) is 8.45. The first-order valence-electron chi connectivity index (χ1n) is 8.55. The third-order valence-corrected chi connectivity index (χ3v) is 4.20. The van der Waals surface area contributed by atoms with Gasteiger partial charge >= 0.3 is 5.97 Å². The number of hydrogen-bond acceptors (Lipinski definition) is 4. The van der Waals surface area contributed by atoms with Crippen LogP contribution in [0.25, 0.3) is 0 Å². The summed E-state index contributed by atoms with van der Waals surface area (Å²) in [4.78, 5) is 12.0. The molecule has 1 aliphatic carbocycles. The molecular weight excluding hydrogens is 304 g/mol. The Morgan fingerprint density at radius 2 is 2.00 bits per heavy atom. The molecule has 4 heteroatoms. The molecule has 2 rings (SSSR count). The summed E-state index contributed by atoms with van der Waals surface area (Å²) in [5.41, 5.74) is 1.61. The van der Waals surface area contributed by atoms with Gasteiger partial charge in [0.15, 0.2) is 0 Å². The number of benzene rings is 1. The Morgan fingerprint density at radius 1 is 1.29 bits per heavy atom. The molecular formula is C20H28O4. The predicted octanol–water partition coefficient (Wildman–Crippen LogP) is 3.49. The minimum Gasteiger partial charge on any atom is -0.457 e. The lowest BCUT2D eigenvalue weighted by Crippen LogP contribution is -2.24. The number of aliphatic hydroxyl groups excluding tert-OH is 1. The predicted molar refractivity (Wildman–Crippen MR) is 93.3 cm³/mol.